The predicted octanol–water partition coefficient (Wildman–Crippen LogP) is 5.88. The Morgan fingerprint density at radius 1 is 0.967 bits per heavy atom. The fourth-order valence-electron chi connectivity index (χ4n) is 3.51. The maximum absolute atomic E-state index is 4.61. The molecule has 2 heterocycles. The molecule has 0 unspecified atom stereocenters. The molecule has 0 atom stereocenters. The molecule has 7 heteroatoms. The molecule has 0 bridgehead atoms. The minimum absolute atomic E-state index is 0.611. The van der Waals surface area contributed by atoms with Gasteiger partial charge < -0.3 is 4.57 Å². The molecule has 0 N–H and O–H groups in total. The lowest BCUT2D eigenvalue weighted by molar-refractivity contribution is 0.574. The summed E-state index contributed by atoms with van der Waals surface area (Å²) in [5, 5.41) is 14.5. The summed E-state index contributed by atoms with van der Waals surface area (Å²) >= 11 is 5.33. The maximum Gasteiger partial charge on any atom is 0.191 e. The van der Waals surface area contributed by atoms with Crippen LogP contribution in [0.2, 0.25) is 0 Å². The quantitative estimate of drug-likeness (QED) is 0.309. The Morgan fingerprint density at radius 3 is 2.40 bits per heavy atom. The third-order valence-corrected chi connectivity index (χ3v) is 7.32. The Balaban J connectivity index is 1.55. The lowest BCUT2D eigenvalue weighted by Gasteiger charge is -2.11. The molecule has 154 valence electrons. The average Bonchev–Trinajstić information content (AvgIpc) is 3.28. The van der Waals surface area contributed by atoms with Crippen LogP contribution < -0.4 is 0 Å². The Hall–Kier alpha value is -2.38. The molecule has 0 amide bonds. The number of benzene rings is 2. The van der Waals surface area contributed by atoms with Gasteiger partial charge in [0.25, 0.3) is 0 Å². The molecular weight excluding hydrogens is 458 g/mol. The van der Waals surface area contributed by atoms with Gasteiger partial charge in [0.1, 0.15) is 6.54 Å². The number of aryl methyl sites for hydroxylation is 1. The maximum atomic E-state index is 4.61. The monoisotopic (exact) mass is 481 g/mol. The van der Waals surface area contributed by atoms with Gasteiger partial charge in [0.15, 0.2) is 11.0 Å². The molecule has 2 aromatic heterocycles. The topological polar surface area (TPSA) is 48.5 Å². The molecule has 30 heavy (non-hydrogen) atoms. The largest absolute Gasteiger partial charge is 0.305 e. The molecule has 0 radical (unpaired) electrons. The van der Waals surface area contributed by atoms with Gasteiger partial charge >= 0.3 is 0 Å². The molecule has 0 aliphatic heterocycles. The van der Waals surface area contributed by atoms with Crippen molar-refractivity contribution in [1.29, 1.82) is 0 Å². The van der Waals surface area contributed by atoms with Crippen molar-refractivity contribution in [2.75, 3.05) is 0 Å². The summed E-state index contributed by atoms with van der Waals surface area (Å²) in [5.74, 6) is 1.77. The minimum atomic E-state index is 0.611. The van der Waals surface area contributed by atoms with E-state index in [4.69, 9.17) is 0 Å². The van der Waals surface area contributed by atoms with Gasteiger partial charge in [-0.15, -0.1) is 10.2 Å². The van der Waals surface area contributed by atoms with Gasteiger partial charge in [-0.1, -0.05) is 66.4 Å². The van der Waals surface area contributed by atoms with E-state index in [1.54, 1.807) is 11.8 Å². The number of hydrogen-bond acceptors (Lipinski definition) is 4. The number of aromatic nitrogens is 5. The first-order valence-corrected chi connectivity index (χ1v) is 11.7. The second-order valence-electron chi connectivity index (χ2n) is 7.10. The molecule has 0 spiro atoms. The number of hydrogen-bond donors (Lipinski definition) is 0. The highest BCUT2D eigenvalue weighted by Crippen LogP contribution is 2.30. The van der Waals surface area contributed by atoms with Crippen molar-refractivity contribution in [2.24, 2.45) is 0 Å². The molecular formula is C23H24BrN5S. The van der Waals surface area contributed by atoms with Crippen LogP contribution >= 0.6 is 27.7 Å². The summed E-state index contributed by atoms with van der Waals surface area (Å²) in [4.78, 5) is 0. The molecule has 0 fully saturated rings. The molecule has 2 aromatic carbocycles. The van der Waals surface area contributed by atoms with E-state index in [1.807, 2.05) is 17.7 Å². The number of rotatable bonds is 7. The van der Waals surface area contributed by atoms with Crippen molar-refractivity contribution >= 4 is 27.7 Å². The van der Waals surface area contributed by atoms with Crippen molar-refractivity contribution in [3.05, 3.63) is 81.8 Å². The molecule has 5 nitrogen and oxygen atoms in total. The van der Waals surface area contributed by atoms with Gasteiger partial charge in [0.2, 0.25) is 0 Å². The Kier molecular flexibility index (Phi) is 6.39. The summed E-state index contributed by atoms with van der Waals surface area (Å²) < 4.78 is 5.21. The second kappa shape index (κ2) is 9.18. The SMILES string of the molecule is CCn1c(Cn2nc(C)c(Br)c2C)nnc1SCc1ccccc1-c1ccccc1. The molecule has 0 saturated carbocycles. The molecule has 0 aliphatic carbocycles. The van der Waals surface area contributed by atoms with Crippen LogP contribution in [0.25, 0.3) is 11.1 Å². The average molecular weight is 482 g/mol. The highest BCUT2D eigenvalue weighted by Gasteiger charge is 2.16. The fraction of sp³-hybridized carbons (Fsp3) is 0.261. The van der Waals surface area contributed by atoms with Gasteiger partial charge in [0, 0.05) is 12.3 Å². The molecule has 0 aliphatic rings. The van der Waals surface area contributed by atoms with Crippen molar-refractivity contribution in [3.8, 4) is 11.1 Å². The number of thioether (sulfide) groups is 1. The minimum Gasteiger partial charge on any atom is -0.305 e. The first kappa shape index (κ1) is 20.9. The zero-order valence-corrected chi connectivity index (χ0v) is 19.7. The van der Waals surface area contributed by atoms with Gasteiger partial charge in [-0.05, 0) is 53.4 Å². The summed E-state index contributed by atoms with van der Waals surface area (Å²) in [7, 11) is 0. The lowest BCUT2D eigenvalue weighted by Crippen LogP contribution is -2.11. The lowest BCUT2D eigenvalue weighted by atomic mass is 10.0. The molecule has 4 aromatic rings. The van der Waals surface area contributed by atoms with Crippen LogP contribution in [0, 0.1) is 13.8 Å². The van der Waals surface area contributed by atoms with Crippen LogP contribution in [0.3, 0.4) is 0 Å². The zero-order valence-electron chi connectivity index (χ0n) is 17.3. The van der Waals surface area contributed by atoms with Gasteiger partial charge in [-0.3, -0.25) is 4.68 Å². The summed E-state index contributed by atoms with van der Waals surface area (Å²) in [6.07, 6.45) is 0. The van der Waals surface area contributed by atoms with E-state index in [9.17, 15) is 0 Å². The summed E-state index contributed by atoms with van der Waals surface area (Å²) in [6.45, 7) is 7.63. The van der Waals surface area contributed by atoms with Crippen LogP contribution in [-0.2, 0) is 18.8 Å². The normalized spacial score (nSPS) is 11.2. The van der Waals surface area contributed by atoms with E-state index in [0.717, 1.165) is 39.1 Å². The number of halogens is 1. The van der Waals surface area contributed by atoms with E-state index in [2.05, 4.69) is 98.2 Å². The smallest absolute Gasteiger partial charge is 0.191 e. The standard InChI is InChI=1S/C23H24BrN5S/c1-4-28-21(14-29-17(3)22(24)16(2)27-29)25-26-23(28)30-15-19-12-8-9-13-20(19)18-10-6-5-7-11-18/h5-13H,4,14-15H2,1-3H3. The Labute approximate surface area is 189 Å². The predicted molar refractivity (Wildman–Crippen MR) is 126 cm³/mol. The van der Waals surface area contributed by atoms with E-state index in [1.165, 1.54) is 16.7 Å². The van der Waals surface area contributed by atoms with Crippen molar-refractivity contribution < 1.29 is 0 Å². The Bertz CT molecular complexity index is 1150. The van der Waals surface area contributed by atoms with Crippen molar-refractivity contribution in [3.63, 3.8) is 0 Å². The highest BCUT2D eigenvalue weighted by atomic mass is 79.9. The van der Waals surface area contributed by atoms with E-state index >= 15 is 0 Å². The second-order valence-corrected chi connectivity index (χ2v) is 8.83. The molecule has 0 saturated heterocycles. The van der Waals surface area contributed by atoms with Gasteiger partial charge in [0.05, 0.1) is 15.9 Å². The number of nitrogens with zero attached hydrogens (tertiary/aromatic N) is 5. The van der Waals surface area contributed by atoms with Crippen LogP contribution in [-0.4, -0.2) is 24.5 Å². The zero-order chi connectivity index (χ0) is 21.1. The van der Waals surface area contributed by atoms with Gasteiger partial charge in [-0.25, -0.2) is 0 Å². The van der Waals surface area contributed by atoms with Crippen LogP contribution in [0.4, 0.5) is 0 Å². The summed E-state index contributed by atoms with van der Waals surface area (Å²) in [5.41, 5.74) is 5.89. The first-order valence-electron chi connectivity index (χ1n) is 9.96. The van der Waals surface area contributed by atoms with E-state index < -0.39 is 0 Å². The van der Waals surface area contributed by atoms with E-state index in [-0.39, 0.29) is 0 Å². The van der Waals surface area contributed by atoms with Crippen molar-refractivity contribution in [1.82, 2.24) is 24.5 Å². The first-order chi connectivity index (χ1) is 14.6. The van der Waals surface area contributed by atoms with E-state index in [0.29, 0.717) is 6.54 Å². The third kappa shape index (κ3) is 4.23. The fourth-order valence-corrected chi connectivity index (χ4v) is 4.82. The van der Waals surface area contributed by atoms with Crippen LogP contribution in [0.1, 0.15) is 29.7 Å². The highest BCUT2D eigenvalue weighted by molar-refractivity contribution is 9.10. The van der Waals surface area contributed by atoms with Crippen molar-refractivity contribution in [2.45, 2.75) is 44.8 Å². The molecule has 4 rings (SSSR count). The van der Waals surface area contributed by atoms with Crippen LogP contribution in [0.5, 0.6) is 0 Å². The van der Waals surface area contributed by atoms with Gasteiger partial charge in [-0.2, -0.15) is 5.10 Å². The third-order valence-electron chi connectivity index (χ3n) is 5.15. The summed E-state index contributed by atoms with van der Waals surface area (Å²) in [6, 6.07) is 19.1. The van der Waals surface area contributed by atoms with Crippen LogP contribution in [0.15, 0.2) is 64.2 Å². The Morgan fingerprint density at radius 2 is 1.70 bits per heavy atom.